The number of Topliss-reactive ketones (excluding diaryl/α,β-unsaturated/α-hetero) is 2. The standard InChI is InChI=1S/C18H27NO6/c1-14(21)16-4-3-5-17(18(16)15(2)22)19-6-8-23-10-12-25-13-11-24-9-7-20/h3-5,19-20H,6-13H2,1-2H3. The summed E-state index contributed by atoms with van der Waals surface area (Å²) in [6.07, 6.45) is 0. The lowest BCUT2D eigenvalue weighted by Gasteiger charge is -2.13. The van der Waals surface area contributed by atoms with E-state index in [1.807, 2.05) is 0 Å². The van der Waals surface area contributed by atoms with Gasteiger partial charge in [-0.05, 0) is 19.9 Å². The van der Waals surface area contributed by atoms with E-state index in [1.54, 1.807) is 18.2 Å². The highest BCUT2D eigenvalue weighted by Gasteiger charge is 2.15. The van der Waals surface area contributed by atoms with Crippen molar-refractivity contribution in [1.82, 2.24) is 0 Å². The highest BCUT2D eigenvalue weighted by Crippen LogP contribution is 2.21. The topological polar surface area (TPSA) is 94.1 Å². The van der Waals surface area contributed by atoms with Crippen LogP contribution >= 0.6 is 0 Å². The van der Waals surface area contributed by atoms with Gasteiger partial charge in [0.05, 0.1) is 51.8 Å². The lowest BCUT2D eigenvalue weighted by molar-refractivity contribution is 0.00920. The smallest absolute Gasteiger partial charge is 0.162 e. The number of carbonyl (C=O) groups excluding carboxylic acids is 2. The Balaban J connectivity index is 2.25. The molecule has 7 heteroatoms. The number of nitrogens with one attached hydrogen (secondary N) is 1. The molecule has 0 unspecified atom stereocenters. The van der Waals surface area contributed by atoms with Crippen LogP contribution in [0.3, 0.4) is 0 Å². The van der Waals surface area contributed by atoms with E-state index in [-0.39, 0.29) is 18.2 Å². The molecule has 0 fully saturated rings. The van der Waals surface area contributed by atoms with Crippen molar-refractivity contribution in [2.45, 2.75) is 13.8 Å². The van der Waals surface area contributed by atoms with Gasteiger partial charge in [-0.25, -0.2) is 0 Å². The molecule has 0 saturated carbocycles. The summed E-state index contributed by atoms with van der Waals surface area (Å²) in [6.45, 7) is 6.01. The molecule has 140 valence electrons. The predicted octanol–water partition coefficient (Wildman–Crippen LogP) is 1.55. The zero-order chi connectivity index (χ0) is 18.5. The minimum absolute atomic E-state index is 0.0107. The molecule has 1 rings (SSSR count). The number of ketones is 2. The quantitative estimate of drug-likeness (QED) is 0.387. The van der Waals surface area contributed by atoms with Gasteiger partial charge in [0, 0.05) is 17.8 Å². The Hall–Kier alpha value is -1.80. The van der Waals surface area contributed by atoms with Crippen LogP contribution in [0.4, 0.5) is 5.69 Å². The van der Waals surface area contributed by atoms with Gasteiger partial charge in [0.25, 0.3) is 0 Å². The van der Waals surface area contributed by atoms with Crippen molar-refractivity contribution >= 4 is 17.3 Å². The third kappa shape index (κ3) is 8.22. The van der Waals surface area contributed by atoms with Crippen molar-refractivity contribution < 1.29 is 28.9 Å². The van der Waals surface area contributed by atoms with E-state index in [2.05, 4.69) is 5.32 Å². The first-order valence-electron chi connectivity index (χ1n) is 8.30. The second-order valence-corrected chi connectivity index (χ2v) is 5.33. The van der Waals surface area contributed by atoms with Crippen LogP contribution < -0.4 is 5.32 Å². The van der Waals surface area contributed by atoms with E-state index in [9.17, 15) is 9.59 Å². The van der Waals surface area contributed by atoms with E-state index in [4.69, 9.17) is 19.3 Å². The van der Waals surface area contributed by atoms with Crippen molar-refractivity contribution in [3.63, 3.8) is 0 Å². The lowest BCUT2D eigenvalue weighted by atomic mass is 9.99. The summed E-state index contributed by atoms with van der Waals surface area (Å²) in [5.74, 6) is -0.281. The molecule has 0 aliphatic carbocycles. The summed E-state index contributed by atoms with van der Waals surface area (Å²) in [6, 6.07) is 5.18. The van der Waals surface area contributed by atoms with Crippen molar-refractivity contribution in [2.24, 2.45) is 0 Å². The SMILES string of the molecule is CC(=O)c1cccc(NCCOCCOCCOCCO)c1C(C)=O. The molecule has 1 aromatic rings. The van der Waals surface area contributed by atoms with E-state index in [0.29, 0.717) is 63.0 Å². The second-order valence-electron chi connectivity index (χ2n) is 5.33. The number of rotatable bonds is 14. The molecule has 0 spiro atoms. The van der Waals surface area contributed by atoms with Gasteiger partial charge in [-0.15, -0.1) is 0 Å². The number of anilines is 1. The first-order valence-corrected chi connectivity index (χ1v) is 8.30. The Morgan fingerprint density at radius 3 is 2.08 bits per heavy atom. The molecule has 2 N–H and O–H groups in total. The van der Waals surface area contributed by atoms with E-state index in [0.717, 1.165) is 0 Å². The van der Waals surface area contributed by atoms with Crippen LogP contribution in [0.5, 0.6) is 0 Å². The normalized spacial score (nSPS) is 10.7. The molecule has 0 aliphatic rings. The van der Waals surface area contributed by atoms with Crippen LogP contribution in [-0.2, 0) is 14.2 Å². The molecule has 7 nitrogen and oxygen atoms in total. The minimum atomic E-state index is -0.147. The summed E-state index contributed by atoms with van der Waals surface area (Å²) >= 11 is 0. The molecule has 25 heavy (non-hydrogen) atoms. The number of carbonyl (C=O) groups is 2. The number of hydrogen-bond acceptors (Lipinski definition) is 7. The van der Waals surface area contributed by atoms with Crippen LogP contribution in [-0.4, -0.2) is 69.5 Å². The number of aliphatic hydroxyl groups is 1. The molecule has 0 heterocycles. The van der Waals surface area contributed by atoms with Crippen LogP contribution in [0.15, 0.2) is 18.2 Å². The molecule has 0 aliphatic heterocycles. The largest absolute Gasteiger partial charge is 0.394 e. The van der Waals surface area contributed by atoms with Gasteiger partial charge in [-0.2, -0.15) is 0 Å². The Labute approximate surface area is 148 Å². The predicted molar refractivity (Wildman–Crippen MR) is 94.5 cm³/mol. The second kappa shape index (κ2) is 12.5. The maximum absolute atomic E-state index is 11.8. The van der Waals surface area contributed by atoms with Crippen LogP contribution in [0.25, 0.3) is 0 Å². The Kier molecular flexibility index (Phi) is 10.7. The number of benzene rings is 1. The van der Waals surface area contributed by atoms with Crippen LogP contribution in [0, 0.1) is 0 Å². The molecule has 0 radical (unpaired) electrons. The molecule has 0 amide bonds. The van der Waals surface area contributed by atoms with Crippen molar-refractivity contribution in [3.8, 4) is 0 Å². The molecular weight excluding hydrogens is 326 g/mol. The summed E-state index contributed by atoms with van der Waals surface area (Å²) in [7, 11) is 0. The Morgan fingerprint density at radius 2 is 1.52 bits per heavy atom. The average molecular weight is 353 g/mol. The highest BCUT2D eigenvalue weighted by atomic mass is 16.5. The fourth-order valence-electron chi connectivity index (χ4n) is 2.24. The third-order valence-corrected chi connectivity index (χ3v) is 3.34. The van der Waals surface area contributed by atoms with Gasteiger partial charge >= 0.3 is 0 Å². The van der Waals surface area contributed by atoms with Gasteiger partial charge in [-0.1, -0.05) is 12.1 Å². The summed E-state index contributed by atoms with van der Waals surface area (Å²) in [4.78, 5) is 23.5. The molecular formula is C18H27NO6. The molecule has 0 aromatic heterocycles. The van der Waals surface area contributed by atoms with Gasteiger partial charge in [0.2, 0.25) is 0 Å². The lowest BCUT2D eigenvalue weighted by Crippen LogP contribution is -2.16. The van der Waals surface area contributed by atoms with Crippen LogP contribution in [0.1, 0.15) is 34.6 Å². The minimum Gasteiger partial charge on any atom is -0.394 e. The van der Waals surface area contributed by atoms with Crippen molar-refractivity contribution in [1.29, 1.82) is 0 Å². The number of hydrogen-bond donors (Lipinski definition) is 2. The summed E-state index contributed by atoms with van der Waals surface area (Å²) in [5.41, 5.74) is 1.48. The molecule has 0 atom stereocenters. The molecule has 0 bridgehead atoms. The zero-order valence-electron chi connectivity index (χ0n) is 14.9. The highest BCUT2D eigenvalue weighted by molar-refractivity contribution is 6.10. The zero-order valence-corrected chi connectivity index (χ0v) is 14.9. The average Bonchev–Trinajstić information content (AvgIpc) is 2.59. The third-order valence-electron chi connectivity index (χ3n) is 3.34. The van der Waals surface area contributed by atoms with Crippen molar-refractivity contribution in [2.75, 3.05) is 58.1 Å². The summed E-state index contributed by atoms with van der Waals surface area (Å²) < 4.78 is 15.8. The fourth-order valence-corrected chi connectivity index (χ4v) is 2.24. The van der Waals surface area contributed by atoms with Gasteiger partial charge in [0.15, 0.2) is 11.6 Å². The van der Waals surface area contributed by atoms with Crippen LogP contribution in [0.2, 0.25) is 0 Å². The van der Waals surface area contributed by atoms with E-state index in [1.165, 1.54) is 13.8 Å². The first-order chi connectivity index (χ1) is 12.1. The van der Waals surface area contributed by atoms with E-state index < -0.39 is 0 Å². The monoisotopic (exact) mass is 353 g/mol. The van der Waals surface area contributed by atoms with Crippen molar-refractivity contribution in [3.05, 3.63) is 29.3 Å². The summed E-state index contributed by atoms with van der Waals surface area (Å²) in [5, 5.41) is 11.7. The first kappa shape index (κ1) is 21.2. The molecule has 1 aromatic carbocycles. The van der Waals surface area contributed by atoms with Gasteiger partial charge < -0.3 is 24.6 Å². The molecule has 0 saturated heterocycles. The van der Waals surface area contributed by atoms with E-state index >= 15 is 0 Å². The maximum atomic E-state index is 11.8. The fraction of sp³-hybridized carbons (Fsp3) is 0.556. The number of ether oxygens (including phenoxy) is 3. The maximum Gasteiger partial charge on any atom is 0.162 e. The van der Waals surface area contributed by atoms with Gasteiger partial charge in [0.1, 0.15) is 0 Å². The van der Waals surface area contributed by atoms with Gasteiger partial charge in [-0.3, -0.25) is 9.59 Å². The number of aliphatic hydroxyl groups excluding tert-OH is 1. The Bertz CT molecular complexity index is 546. The Morgan fingerprint density at radius 1 is 0.920 bits per heavy atom.